The molecule has 0 radical (unpaired) electrons. The minimum atomic E-state index is -2.23. The van der Waals surface area contributed by atoms with Gasteiger partial charge in [0.25, 0.3) is 0 Å². The second-order valence-corrected chi connectivity index (χ2v) is 6.47. The van der Waals surface area contributed by atoms with E-state index >= 15 is 0 Å². The first-order valence-electron chi connectivity index (χ1n) is 6.05. The molecule has 0 rings (SSSR count). The van der Waals surface area contributed by atoms with Gasteiger partial charge in [0, 0.05) is 0 Å². The van der Waals surface area contributed by atoms with Crippen LogP contribution in [0.5, 0.6) is 0 Å². The Balaban J connectivity index is 0. The van der Waals surface area contributed by atoms with Crippen LogP contribution in [0.1, 0.15) is 48.5 Å². The van der Waals surface area contributed by atoms with Crippen LogP contribution in [0.25, 0.3) is 0 Å². The zero-order chi connectivity index (χ0) is 13.1. The van der Waals surface area contributed by atoms with E-state index in [1.807, 2.05) is 27.7 Å². The molecule has 0 amide bonds. The highest BCUT2D eigenvalue weighted by molar-refractivity contribution is 7.33. The van der Waals surface area contributed by atoms with Crippen molar-refractivity contribution < 1.29 is 13.6 Å². The van der Waals surface area contributed by atoms with Gasteiger partial charge in [0.1, 0.15) is 0 Å². The molecule has 0 bridgehead atoms. The fourth-order valence-corrected chi connectivity index (χ4v) is 1.53. The molecule has 0 N–H and O–H groups in total. The van der Waals surface area contributed by atoms with E-state index in [2.05, 4.69) is 20.8 Å². The smallest absolute Gasteiger partial charge is 0.310 e. The number of hydrogen-bond acceptors (Lipinski definition) is 3. The maximum Gasteiger partial charge on any atom is 0.319 e. The molecule has 0 aliphatic rings. The van der Waals surface area contributed by atoms with E-state index in [4.69, 9.17) is 9.05 Å². The third kappa shape index (κ3) is 23.8. The molecule has 0 saturated carbocycles. The molecule has 0 aromatic rings. The molecule has 0 aliphatic carbocycles. The lowest BCUT2D eigenvalue weighted by Crippen LogP contribution is -2.00. The molecule has 16 heavy (non-hydrogen) atoms. The second kappa shape index (κ2) is 11.6. The number of hydrogen-bond donors (Lipinski definition) is 0. The van der Waals surface area contributed by atoms with Crippen LogP contribution in [0, 0.1) is 17.8 Å². The Morgan fingerprint density at radius 1 is 0.812 bits per heavy atom. The van der Waals surface area contributed by atoms with Crippen molar-refractivity contribution in [3.05, 3.63) is 0 Å². The average molecular weight is 252 g/mol. The summed E-state index contributed by atoms with van der Waals surface area (Å²) in [6.07, 6.45) is 0. The summed E-state index contributed by atoms with van der Waals surface area (Å²) in [5.41, 5.74) is 0. The highest BCUT2D eigenvalue weighted by Gasteiger charge is 2.02. The molecule has 0 atom stereocenters. The SMILES string of the molecule is CC(C)C.CC(C)CO[PH](=O)OCC(C)C. The molecular weight excluding hydrogens is 223 g/mol. The van der Waals surface area contributed by atoms with E-state index in [9.17, 15) is 4.57 Å². The van der Waals surface area contributed by atoms with Gasteiger partial charge in [-0.15, -0.1) is 0 Å². The summed E-state index contributed by atoms with van der Waals surface area (Å²) in [5.74, 6) is 1.64. The summed E-state index contributed by atoms with van der Waals surface area (Å²) in [7, 11) is -2.23. The van der Waals surface area contributed by atoms with Crippen LogP contribution >= 0.6 is 8.25 Å². The Morgan fingerprint density at radius 2 is 1.06 bits per heavy atom. The molecule has 0 unspecified atom stereocenters. The van der Waals surface area contributed by atoms with Crippen molar-refractivity contribution in [2.24, 2.45) is 17.8 Å². The Morgan fingerprint density at radius 3 is 1.25 bits per heavy atom. The third-order valence-corrected chi connectivity index (χ3v) is 1.87. The fraction of sp³-hybridized carbons (Fsp3) is 1.00. The minimum Gasteiger partial charge on any atom is -0.310 e. The van der Waals surface area contributed by atoms with Gasteiger partial charge in [-0.1, -0.05) is 48.5 Å². The molecule has 4 heteroatoms. The van der Waals surface area contributed by atoms with Gasteiger partial charge in [-0.3, -0.25) is 4.57 Å². The molecule has 100 valence electrons. The van der Waals surface area contributed by atoms with Crippen LogP contribution in [-0.2, 0) is 13.6 Å². The molecule has 0 spiro atoms. The van der Waals surface area contributed by atoms with Crippen LogP contribution in [-0.4, -0.2) is 13.2 Å². The van der Waals surface area contributed by atoms with E-state index in [1.165, 1.54) is 0 Å². The fourth-order valence-electron chi connectivity index (χ4n) is 0.511. The summed E-state index contributed by atoms with van der Waals surface area (Å²) >= 11 is 0. The van der Waals surface area contributed by atoms with Crippen molar-refractivity contribution in [1.29, 1.82) is 0 Å². The summed E-state index contributed by atoms with van der Waals surface area (Å²) in [4.78, 5) is 0. The largest absolute Gasteiger partial charge is 0.319 e. The molecule has 0 saturated heterocycles. The lowest BCUT2D eigenvalue weighted by atomic mass is 10.2. The molecular formula is C12H29O3P. The van der Waals surface area contributed by atoms with Crippen LogP contribution in [0.15, 0.2) is 0 Å². The van der Waals surface area contributed by atoms with Gasteiger partial charge in [0.05, 0.1) is 13.2 Å². The second-order valence-electron chi connectivity index (χ2n) is 5.39. The van der Waals surface area contributed by atoms with Crippen molar-refractivity contribution in [3.8, 4) is 0 Å². The quantitative estimate of drug-likeness (QED) is 0.658. The Kier molecular flexibility index (Phi) is 13.5. The maximum atomic E-state index is 11.0. The van der Waals surface area contributed by atoms with Gasteiger partial charge in [-0.2, -0.15) is 0 Å². The van der Waals surface area contributed by atoms with Gasteiger partial charge >= 0.3 is 8.25 Å². The van der Waals surface area contributed by atoms with E-state index in [-0.39, 0.29) is 0 Å². The van der Waals surface area contributed by atoms with Gasteiger partial charge < -0.3 is 9.05 Å². The van der Waals surface area contributed by atoms with E-state index < -0.39 is 8.25 Å². The first-order valence-corrected chi connectivity index (χ1v) is 7.27. The van der Waals surface area contributed by atoms with Gasteiger partial charge in [0.2, 0.25) is 0 Å². The zero-order valence-corrected chi connectivity index (χ0v) is 12.9. The monoisotopic (exact) mass is 252 g/mol. The minimum absolute atomic E-state index is 0.404. The highest BCUT2D eigenvalue weighted by Crippen LogP contribution is 2.25. The van der Waals surface area contributed by atoms with E-state index in [1.54, 1.807) is 0 Å². The topological polar surface area (TPSA) is 35.5 Å². The molecule has 0 aromatic heterocycles. The summed E-state index contributed by atoms with van der Waals surface area (Å²) < 4.78 is 20.9. The Hall–Kier alpha value is 0.150. The molecule has 0 heterocycles. The van der Waals surface area contributed by atoms with Crippen molar-refractivity contribution in [3.63, 3.8) is 0 Å². The van der Waals surface area contributed by atoms with Crippen molar-refractivity contribution in [2.75, 3.05) is 13.2 Å². The van der Waals surface area contributed by atoms with E-state index in [0.717, 1.165) is 5.92 Å². The Bertz CT molecular complexity index is 151. The molecule has 3 nitrogen and oxygen atoms in total. The predicted octanol–water partition coefficient (Wildman–Crippen LogP) is 4.38. The summed E-state index contributed by atoms with van der Waals surface area (Å²) in [6, 6.07) is 0. The van der Waals surface area contributed by atoms with Crippen LogP contribution < -0.4 is 0 Å². The van der Waals surface area contributed by atoms with Crippen molar-refractivity contribution in [1.82, 2.24) is 0 Å². The first-order chi connectivity index (χ1) is 7.25. The van der Waals surface area contributed by atoms with E-state index in [0.29, 0.717) is 25.0 Å². The van der Waals surface area contributed by atoms with Crippen molar-refractivity contribution >= 4 is 8.25 Å². The maximum absolute atomic E-state index is 11.0. The van der Waals surface area contributed by atoms with Gasteiger partial charge in [-0.05, 0) is 17.8 Å². The van der Waals surface area contributed by atoms with Crippen LogP contribution in [0.4, 0.5) is 0 Å². The lowest BCUT2D eigenvalue weighted by Gasteiger charge is -2.08. The van der Waals surface area contributed by atoms with Crippen LogP contribution in [0.2, 0.25) is 0 Å². The third-order valence-electron chi connectivity index (χ3n) is 1.07. The summed E-state index contributed by atoms with van der Waals surface area (Å²) in [6.45, 7) is 15.6. The standard InChI is InChI=1S/C8H19O3P.C4H10/c1-7(2)5-10-12(9)11-6-8(3)4;1-4(2)3/h7-8,12H,5-6H2,1-4H3;4H,1-3H3. The van der Waals surface area contributed by atoms with Gasteiger partial charge in [0.15, 0.2) is 0 Å². The number of rotatable bonds is 6. The molecule has 0 aliphatic heterocycles. The lowest BCUT2D eigenvalue weighted by molar-refractivity contribution is 0.192. The average Bonchev–Trinajstić information content (AvgIpc) is 2.10. The first kappa shape index (κ1) is 18.5. The van der Waals surface area contributed by atoms with Crippen molar-refractivity contribution in [2.45, 2.75) is 48.5 Å². The van der Waals surface area contributed by atoms with Crippen LogP contribution in [0.3, 0.4) is 0 Å². The predicted molar refractivity (Wildman–Crippen MR) is 71.1 cm³/mol. The van der Waals surface area contributed by atoms with Gasteiger partial charge in [-0.25, -0.2) is 0 Å². The zero-order valence-electron chi connectivity index (χ0n) is 11.9. The highest BCUT2D eigenvalue weighted by atomic mass is 31.1. The molecule has 0 fully saturated rings. The Labute approximate surface area is 102 Å². The summed E-state index contributed by atoms with van der Waals surface area (Å²) in [5, 5.41) is 0. The molecule has 0 aromatic carbocycles. The normalized spacial score (nSPS) is 11.2.